The van der Waals surface area contributed by atoms with Gasteiger partial charge in [0, 0.05) is 5.57 Å². The van der Waals surface area contributed by atoms with Gasteiger partial charge in [0.05, 0.1) is 15.0 Å². The maximum absolute atomic E-state index is 11.5. The summed E-state index contributed by atoms with van der Waals surface area (Å²) in [6, 6.07) is 4.54. The van der Waals surface area contributed by atoms with Gasteiger partial charge in [0.25, 0.3) is 11.1 Å². The van der Waals surface area contributed by atoms with E-state index < -0.39 is 11.1 Å². The Morgan fingerprint density at radius 2 is 1.94 bits per heavy atom. The van der Waals surface area contributed by atoms with Gasteiger partial charge in [-0.05, 0) is 29.5 Å². The largest absolute Gasteiger partial charge is 0.298 e. The maximum Gasteiger partial charge on any atom is 0.290 e. The quantitative estimate of drug-likeness (QED) is 0.674. The lowest BCUT2D eigenvalue weighted by atomic mass is 10.1. The van der Waals surface area contributed by atoms with Crippen LogP contribution in [-0.2, 0) is 9.59 Å². The zero-order valence-electron chi connectivity index (χ0n) is 8.70. The second-order valence-electron chi connectivity index (χ2n) is 3.33. The molecule has 1 saturated heterocycles. The molecule has 1 aliphatic heterocycles. The molecule has 18 heavy (non-hydrogen) atoms. The van der Waals surface area contributed by atoms with Gasteiger partial charge in [-0.1, -0.05) is 29.3 Å². The lowest BCUT2D eigenvalue weighted by Crippen LogP contribution is -2.18. The van der Waals surface area contributed by atoms with Crippen molar-refractivity contribution in [2.45, 2.75) is 0 Å². The highest BCUT2D eigenvalue weighted by atomic mass is 35.5. The molecule has 0 spiro atoms. The number of amides is 2. The Morgan fingerprint density at radius 3 is 2.44 bits per heavy atom. The van der Waals surface area contributed by atoms with E-state index in [0.717, 1.165) is 0 Å². The summed E-state index contributed by atoms with van der Waals surface area (Å²) in [6.07, 6.45) is 0.514. The number of nitrogens with one attached hydrogen (secondary N) is 1. The monoisotopic (exact) mass is 301 g/mol. The lowest BCUT2D eigenvalue weighted by molar-refractivity contribution is -0.115. The van der Waals surface area contributed by atoms with Crippen LogP contribution < -0.4 is 5.32 Å². The molecule has 0 atom stereocenters. The van der Waals surface area contributed by atoms with E-state index in [1.807, 2.05) is 0 Å². The van der Waals surface area contributed by atoms with Crippen LogP contribution in [0.1, 0.15) is 5.56 Å². The number of allylic oxidation sites excluding steroid dienone is 1. The van der Waals surface area contributed by atoms with Crippen LogP contribution in [0.25, 0.3) is 5.57 Å². The maximum atomic E-state index is 11.5. The molecule has 1 aromatic rings. The van der Waals surface area contributed by atoms with Crippen molar-refractivity contribution < 1.29 is 14.4 Å². The number of carbonyl (C=O) groups is 3. The molecule has 1 fully saturated rings. The summed E-state index contributed by atoms with van der Waals surface area (Å²) < 4.78 is 0. The van der Waals surface area contributed by atoms with Crippen molar-refractivity contribution in [2.24, 2.45) is 0 Å². The Kier molecular flexibility index (Phi) is 3.75. The van der Waals surface area contributed by atoms with Crippen molar-refractivity contribution in [1.82, 2.24) is 5.32 Å². The predicted molar refractivity (Wildman–Crippen MR) is 70.6 cm³/mol. The number of hydrogen-bond acceptors (Lipinski definition) is 4. The van der Waals surface area contributed by atoms with E-state index >= 15 is 0 Å². The van der Waals surface area contributed by atoms with Crippen LogP contribution in [0.2, 0.25) is 10.0 Å². The zero-order valence-corrected chi connectivity index (χ0v) is 11.0. The van der Waals surface area contributed by atoms with Crippen molar-refractivity contribution in [3.63, 3.8) is 0 Å². The van der Waals surface area contributed by atoms with Gasteiger partial charge in [0.2, 0.25) is 0 Å². The third-order valence-electron chi connectivity index (χ3n) is 2.21. The highest BCUT2D eigenvalue weighted by Crippen LogP contribution is 2.33. The zero-order chi connectivity index (χ0) is 13.3. The highest BCUT2D eigenvalue weighted by molar-refractivity contribution is 8.18. The Hall–Kier alpha value is -1.30. The van der Waals surface area contributed by atoms with Gasteiger partial charge < -0.3 is 0 Å². The van der Waals surface area contributed by atoms with Crippen LogP contribution in [0.4, 0.5) is 4.79 Å². The Balaban J connectivity index is 2.55. The van der Waals surface area contributed by atoms with Crippen LogP contribution >= 0.6 is 35.0 Å². The second-order valence-corrected chi connectivity index (χ2v) is 5.13. The van der Waals surface area contributed by atoms with Crippen LogP contribution in [-0.4, -0.2) is 17.4 Å². The summed E-state index contributed by atoms with van der Waals surface area (Å²) in [5, 5.41) is 2.19. The first-order chi connectivity index (χ1) is 8.52. The molecule has 0 saturated carbocycles. The standard InChI is InChI=1S/C11H5Cl2NO3S/c12-7-2-1-5(3-8(7)13)6(4-15)9-10(16)14-11(17)18-9/h1-4H,(H,14,16,17). The Morgan fingerprint density at radius 1 is 1.22 bits per heavy atom. The summed E-state index contributed by atoms with van der Waals surface area (Å²) >= 11 is 12.3. The molecule has 4 nitrogen and oxygen atoms in total. The molecule has 92 valence electrons. The Labute approximate surface area is 116 Å². The fourth-order valence-corrected chi connectivity index (χ4v) is 2.45. The third-order valence-corrected chi connectivity index (χ3v) is 3.85. The average Bonchev–Trinajstić information content (AvgIpc) is 2.64. The van der Waals surface area contributed by atoms with E-state index in [0.29, 0.717) is 28.6 Å². The number of carbonyl (C=O) groups excluding carboxylic acids is 3. The minimum absolute atomic E-state index is 0.0633. The summed E-state index contributed by atoms with van der Waals surface area (Å²) in [7, 11) is 0. The molecule has 1 aromatic carbocycles. The molecule has 0 aromatic heterocycles. The summed E-state index contributed by atoms with van der Waals surface area (Å²) in [6.45, 7) is 0. The van der Waals surface area contributed by atoms with E-state index in [4.69, 9.17) is 23.2 Å². The molecular weight excluding hydrogens is 297 g/mol. The fourth-order valence-electron chi connectivity index (χ4n) is 1.41. The fraction of sp³-hybridized carbons (Fsp3) is 0. The molecule has 2 rings (SSSR count). The topological polar surface area (TPSA) is 63.2 Å². The molecule has 0 bridgehead atoms. The van der Waals surface area contributed by atoms with Crippen LogP contribution in [0, 0.1) is 0 Å². The van der Waals surface area contributed by atoms with Gasteiger partial charge in [0.1, 0.15) is 0 Å². The van der Waals surface area contributed by atoms with Crippen molar-refractivity contribution >= 4 is 58.0 Å². The normalized spacial score (nSPS) is 17.7. The SMILES string of the molecule is O=CC(=C1SC(=O)NC1=O)c1ccc(Cl)c(Cl)c1. The van der Waals surface area contributed by atoms with Gasteiger partial charge >= 0.3 is 0 Å². The Bertz CT molecular complexity index is 598. The van der Waals surface area contributed by atoms with Gasteiger partial charge in [-0.3, -0.25) is 19.7 Å². The average molecular weight is 302 g/mol. The molecule has 1 heterocycles. The van der Waals surface area contributed by atoms with Crippen LogP contribution in [0.15, 0.2) is 23.1 Å². The van der Waals surface area contributed by atoms with Crippen molar-refractivity contribution in [3.8, 4) is 0 Å². The third kappa shape index (κ3) is 2.43. The number of halogens is 2. The molecule has 7 heteroatoms. The summed E-state index contributed by atoms with van der Waals surface area (Å²) in [5.41, 5.74) is 0.550. The number of aldehydes is 1. The highest BCUT2D eigenvalue weighted by Gasteiger charge is 2.29. The van der Waals surface area contributed by atoms with Gasteiger partial charge in [-0.25, -0.2) is 0 Å². The number of benzene rings is 1. The molecular formula is C11H5Cl2NO3S. The van der Waals surface area contributed by atoms with Crippen LogP contribution in [0.3, 0.4) is 0 Å². The van der Waals surface area contributed by atoms with Crippen molar-refractivity contribution in [2.75, 3.05) is 0 Å². The van der Waals surface area contributed by atoms with Gasteiger partial charge in [0.15, 0.2) is 6.29 Å². The first kappa shape index (κ1) is 13.1. The number of rotatable bonds is 2. The molecule has 0 aliphatic carbocycles. The first-order valence-corrected chi connectivity index (χ1v) is 6.28. The molecule has 1 aliphatic rings. The van der Waals surface area contributed by atoms with Gasteiger partial charge in [-0.2, -0.15) is 0 Å². The molecule has 2 amide bonds. The summed E-state index contributed by atoms with van der Waals surface area (Å²) in [5.74, 6) is -0.585. The van der Waals surface area contributed by atoms with Crippen molar-refractivity contribution in [3.05, 3.63) is 38.7 Å². The smallest absolute Gasteiger partial charge is 0.290 e. The number of thioether (sulfide) groups is 1. The van der Waals surface area contributed by atoms with E-state index in [1.165, 1.54) is 12.1 Å². The van der Waals surface area contributed by atoms with E-state index in [-0.39, 0.29) is 15.5 Å². The van der Waals surface area contributed by atoms with Crippen molar-refractivity contribution in [1.29, 1.82) is 0 Å². The van der Waals surface area contributed by atoms with Crippen LogP contribution in [0.5, 0.6) is 0 Å². The first-order valence-electron chi connectivity index (χ1n) is 4.71. The summed E-state index contributed by atoms with van der Waals surface area (Å²) in [4.78, 5) is 33.7. The molecule has 0 radical (unpaired) electrons. The van der Waals surface area contributed by atoms with E-state index in [9.17, 15) is 14.4 Å². The lowest BCUT2D eigenvalue weighted by Gasteiger charge is -2.04. The van der Waals surface area contributed by atoms with E-state index in [1.54, 1.807) is 6.07 Å². The second kappa shape index (κ2) is 5.14. The minimum Gasteiger partial charge on any atom is -0.298 e. The minimum atomic E-state index is -0.585. The number of imide groups is 1. The predicted octanol–water partition coefficient (Wildman–Crippen LogP) is 2.89. The number of hydrogen-bond donors (Lipinski definition) is 1. The molecule has 1 N–H and O–H groups in total. The molecule has 0 unspecified atom stereocenters. The van der Waals surface area contributed by atoms with Gasteiger partial charge in [-0.15, -0.1) is 0 Å². The van der Waals surface area contributed by atoms with E-state index in [2.05, 4.69) is 5.32 Å².